The molecule has 0 saturated carbocycles. The molecule has 0 bridgehead atoms. The number of hydrogen-bond donors (Lipinski definition) is 0. The van der Waals surface area contributed by atoms with Crippen LogP contribution in [0.5, 0.6) is 0 Å². The third-order valence-electron chi connectivity index (χ3n) is 5.29. The topological polar surface area (TPSA) is 64.2 Å². The number of likely N-dealkylation sites (tertiary alicyclic amines) is 1. The molecule has 0 aliphatic carbocycles. The molecular weight excluding hydrogens is 342 g/mol. The Morgan fingerprint density at radius 3 is 2.58 bits per heavy atom. The second kappa shape index (κ2) is 7.49. The molecule has 1 aromatic heterocycles. The van der Waals surface area contributed by atoms with E-state index in [0.29, 0.717) is 18.7 Å². The molecule has 26 heavy (non-hydrogen) atoms. The quantitative estimate of drug-likeness (QED) is 0.591. The van der Waals surface area contributed by atoms with Gasteiger partial charge in [0.25, 0.3) is 6.43 Å². The summed E-state index contributed by atoms with van der Waals surface area (Å²) >= 11 is 0. The number of nitrogens with zero attached hydrogens (tertiary/aromatic N) is 4. The number of halogens is 2. The highest BCUT2D eigenvalue weighted by Gasteiger charge is 2.39. The van der Waals surface area contributed by atoms with Crippen LogP contribution in [0.2, 0.25) is 0 Å². The summed E-state index contributed by atoms with van der Waals surface area (Å²) in [6, 6.07) is 8.31. The summed E-state index contributed by atoms with van der Waals surface area (Å²) in [4.78, 5) is 12.4. The molecule has 2 heterocycles. The molecule has 0 amide bonds. The molecule has 3 rings (SSSR count). The van der Waals surface area contributed by atoms with Crippen LogP contribution in [0.25, 0.3) is 0 Å². The number of rotatable bonds is 5. The van der Waals surface area contributed by atoms with E-state index < -0.39 is 17.4 Å². The lowest BCUT2D eigenvalue weighted by atomic mass is 9.93. The second-order valence-corrected chi connectivity index (χ2v) is 6.72. The molecule has 1 aliphatic rings. The molecule has 1 saturated heterocycles. The first kappa shape index (κ1) is 18.4. The first-order chi connectivity index (χ1) is 12.4. The highest BCUT2D eigenvalue weighted by molar-refractivity contribution is 5.32. The summed E-state index contributed by atoms with van der Waals surface area (Å²) in [5.41, 5.74) is 1.35. The lowest BCUT2D eigenvalue weighted by Crippen LogP contribution is -2.48. The summed E-state index contributed by atoms with van der Waals surface area (Å²) in [6.07, 6.45) is -0.449. The second-order valence-electron chi connectivity index (χ2n) is 6.72. The molecule has 0 spiro atoms. The molecule has 1 aliphatic heterocycles. The maximum atomic E-state index is 13.8. The predicted octanol–water partition coefficient (Wildman–Crippen LogP) is 4.13. The normalized spacial score (nSPS) is 22.5. The van der Waals surface area contributed by atoms with Gasteiger partial charge in [-0.2, -0.15) is 5.10 Å². The van der Waals surface area contributed by atoms with Gasteiger partial charge in [0, 0.05) is 12.6 Å². The number of aromatic nitrogens is 2. The molecule has 0 N–H and O–H groups in total. The van der Waals surface area contributed by atoms with E-state index in [1.807, 2.05) is 42.2 Å². The van der Waals surface area contributed by atoms with Crippen molar-refractivity contribution in [2.24, 2.45) is 0 Å². The van der Waals surface area contributed by atoms with Crippen LogP contribution in [-0.4, -0.2) is 38.6 Å². The van der Waals surface area contributed by atoms with Crippen molar-refractivity contribution in [2.45, 2.75) is 51.2 Å². The zero-order valence-electron chi connectivity index (χ0n) is 14.8. The Morgan fingerprint density at radius 1 is 1.31 bits per heavy atom. The lowest BCUT2D eigenvalue weighted by molar-refractivity contribution is -0.385. The standard InChI is InChI=1S/C18H22F2N4O2/c1-12(14-6-4-3-5-7-14)22-9-8-15(10-16(22)18(19)20)23-13(2)17(11-21-23)24(25)26/h3-7,11-12,15-16,18H,8-10H2,1-2H3/t12?,15-,16-/m1/s1. The molecule has 1 fully saturated rings. The number of alkyl halides is 2. The van der Waals surface area contributed by atoms with Gasteiger partial charge in [-0.15, -0.1) is 0 Å². The number of hydrogen-bond acceptors (Lipinski definition) is 4. The van der Waals surface area contributed by atoms with E-state index in [-0.39, 0.29) is 24.2 Å². The third-order valence-corrected chi connectivity index (χ3v) is 5.29. The van der Waals surface area contributed by atoms with Crippen molar-refractivity contribution in [1.82, 2.24) is 14.7 Å². The molecular formula is C18H22F2N4O2. The molecule has 1 aromatic carbocycles. The minimum Gasteiger partial charge on any atom is -0.288 e. The van der Waals surface area contributed by atoms with Crippen molar-refractivity contribution in [1.29, 1.82) is 0 Å². The average Bonchev–Trinajstić information content (AvgIpc) is 3.03. The molecule has 2 aromatic rings. The highest BCUT2D eigenvalue weighted by atomic mass is 19.3. The van der Waals surface area contributed by atoms with Crippen LogP contribution in [0.3, 0.4) is 0 Å². The Kier molecular flexibility index (Phi) is 5.31. The van der Waals surface area contributed by atoms with Gasteiger partial charge in [0.1, 0.15) is 11.9 Å². The van der Waals surface area contributed by atoms with E-state index in [0.717, 1.165) is 5.56 Å². The monoisotopic (exact) mass is 364 g/mol. The minimum absolute atomic E-state index is 0.0707. The lowest BCUT2D eigenvalue weighted by Gasteiger charge is -2.42. The number of benzene rings is 1. The summed E-state index contributed by atoms with van der Waals surface area (Å²) in [5.74, 6) is 0. The van der Waals surface area contributed by atoms with Crippen LogP contribution in [0, 0.1) is 17.0 Å². The first-order valence-electron chi connectivity index (χ1n) is 8.67. The minimum atomic E-state index is -2.49. The SMILES string of the molecule is Cc1c([N+](=O)[O-])cnn1[C@@H]1CCN(C(C)c2ccccc2)[C@@H](C(F)F)C1. The zero-order valence-corrected chi connectivity index (χ0v) is 14.8. The molecule has 1 unspecified atom stereocenters. The molecule has 8 heteroatoms. The summed E-state index contributed by atoms with van der Waals surface area (Å²) < 4.78 is 29.1. The molecule has 3 atom stereocenters. The van der Waals surface area contributed by atoms with Gasteiger partial charge in [-0.25, -0.2) is 8.78 Å². The van der Waals surface area contributed by atoms with Crippen LogP contribution in [0.4, 0.5) is 14.5 Å². The van der Waals surface area contributed by atoms with E-state index >= 15 is 0 Å². The van der Waals surface area contributed by atoms with Gasteiger partial charge in [0.2, 0.25) is 0 Å². The van der Waals surface area contributed by atoms with Crippen LogP contribution < -0.4 is 0 Å². The van der Waals surface area contributed by atoms with Gasteiger partial charge in [0.15, 0.2) is 0 Å². The Morgan fingerprint density at radius 2 is 2.00 bits per heavy atom. The van der Waals surface area contributed by atoms with Crippen molar-refractivity contribution in [2.75, 3.05) is 6.54 Å². The zero-order chi connectivity index (χ0) is 18.8. The van der Waals surface area contributed by atoms with Crippen LogP contribution in [0.1, 0.15) is 43.1 Å². The summed E-state index contributed by atoms with van der Waals surface area (Å²) in [7, 11) is 0. The van der Waals surface area contributed by atoms with E-state index in [4.69, 9.17) is 0 Å². The van der Waals surface area contributed by atoms with Gasteiger partial charge in [-0.1, -0.05) is 30.3 Å². The summed E-state index contributed by atoms with van der Waals surface area (Å²) in [6.45, 7) is 4.04. The Bertz CT molecular complexity index is 766. The molecule has 6 nitrogen and oxygen atoms in total. The van der Waals surface area contributed by atoms with Crippen LogP contribution >= 0.6 is 0 Å². The van der Waals surface area contributed by atoms with Crippen LogP contribution in [-0.2, 0) is 0 Å². The fraction of sp³-hybridized carbons (Fsp3) is 0.500. The third kappa shape index (κ3) is 3.46. The van der Waals surface area contributed by atoms with E-state index in [2.05, 4.69) is 5.10 Å². The van der Waals surface area contributed by atoms with Crippen molar-refractivity contribution in [3.8, 4) is 0 Å². The average molecular weight is 364 g/mol. The van der Waals surface area contributed by atoms with Gasteiger partial charge < -0.3 is 0 Å². The predicted molar refractivity (Wildman–Crippen MR) is 93.2 cm³/mol. The van der Waals surface area contributed by atoms with E-state index in [9.17, 15) is 18.9 Å². The summed E-state index contributed by atoms with van der Waals surface area (Å²) in [5, 5.41) is 15.1. The van der Waals surface area contributed by atoms with Gasteiger partial charge in [-0.05, 0) is 32.3 Å². The largest absolute Gasteiger partial charge is 0.309 e. The van der Waals surface area contributed by atoms with Crippen LogP contribution in [0.15, 0.2) is 36.5 Å². The van der Waals surface area contributed by atoms with Gasteiger partial charge >= 0.3 is 5.69 Å². The maximum Gasteiger partial charge on any atom is 0.309 e. The van der Waals surface area contributed by atoms with Crippen molar-refractivity contribution in [3.63, 3.8) is 0 Å². The van der Waals surface area contributed by atoms with Crippen molar-refractivity contribution >= 4 is 5.69 Å². The smallest absolute Gasteiger partial charge is 0.288 e. The van der Waals surface area contributed by atoms with Crippen molar-refractivity contribution in [3.05, 3.63) is 57.9 Å². The van der Waals surface area contributed by atoms with E-state index in [1.54, 1.807) is 6.92 Å². The number of piperidine rings is 1. The first-order valence-corrected chi connectivity index (χ1v) is 8.67. The fourth-order valence-electron chi connectivity index (χ4n) is 3.83. The highest BCUT2D eigenvalue weighted by Crippen LogP contribution is 2.36. The van der Waals surface area contributed by atoms with Gasteiger partial charge in [-0.3, -0.25) is 19.7 Å². The maximum absolute atomic E-state index is 13.8. The Labute approximate surface area is 150 Å². The Hall–Kier alpha value is -2.35. The number of nitro groups is 1. The van der Waals surface area contributed by atoms with Crippen molar-refractivity contribution < 1.29 is 13.7 Å². The van der Waals surface area contributed by atoms with Gasteiger partial charge in [0.05, 0.1) is 17.0 Å². The van der Waals surface area contributed by atoms with E-state index in [1.165, 1.54) is 10.9 Å². The Balaban J connectivity index is 1.81. The molecule has 140 valence electrons. The molecule has 0 radical (unpaired) electrons. The fourth-order valence-corrected chi connectivity index (χ4v) is 3.83.